The van der Waals surface area contributed by atoms with Crippen LogP contribution in [0.25, 0.3) is 0 Å². The molecule has 0 unspecified atom stereocenters. The van der Waals surface area contributed by atoms with Gasteiger partial charge in [0.25, 0.3) is 5.91 Å². The van der Waals surface area contributed by atoms with Gasteiger partial charge >= 0.3 is 0 Å². The van der Waals surface area contributed by atoms with Gasteiger partial charge in [-0.3, -0.25) is 4.79 Å². The van der Waals surface area contributed by atoms with Gasteiger partial charge in [-0.25, -0.2) is 15.8 Å². The Hall–Kier alpha value is -2.18. The summed E-state index contributed by atoms with van der Waals surface area (Å²) < 4.78 is 0. The first-order chi connectivity index (χ1) is 8.69. The average Bonchev–Trinajstić information content (AvgIpc) is 2.41. The monoisotopic (exact) mass is 263 g/mol. The summed E-state index contributed by atoms with van der Waals surface area (Å²) in [7, 11) is 0. The Morgan fingerprint density at radius 1 is 1.22 bits per heavy atom. The predicted molar refractivity (Wildman–Crippen MR) is 69.2 cm³/mol. The lowest BCUT2D eigenvalue weighted by Gasteiger charge is -2.05. The number of aromatic nitrogens is 2. The minimum absolute atomic E-state index is 0.302. The molecule has 92 valence electrons. The molecule has 4 N–H and O–H groups in total. The highest BCUT2D eigenvalue weighted by Gasteiger charge is 2.07. The minimum Gasteiger partial charge on any atom is -0.308 e. The number of carbonyl (C=O) groups excluding carboxylic acids is 1. The number of nitrogens with two attached hydrogens (primary N) is 1. The van der Waals surface area contributed by atoms with Gasteiger partial charge in [0.05, 0.1) is 5.02 Å². The lowest BCUT2D eigenvalue weighted by molar-refractivity contribution is 0.102. The first kappa shape index (κ1) is 12.3. The summed E-state index contributed by atoms with van der Waals surface area (Å²) in [6.07, 6.45) is 2.94. The zero-order chi connectivity index (χ0) is 13.0. The topological polar surface area (TPSA) is 92.9 Å². The van der Waals surface area contributed by atoms with Crippen molar-refractivity contribution in [3.05, 3.63) is 47.2 Å². The molecule has 0 bridgehead atoms. The summed E-state index contributed by atoms with van der Waals surface area (Å²) in [4.78, 5) is 19.8. The number of nitrogens with zero attached hydrogens (tertiary/aromatic N) is 2. The molecule has 2 heterocycles. The van der Waals surface area contributed by atoms with Gasteiger partial charge in [0.15, 0.2) is 0 Å². The van der Waals surface area contributed by atoms with Crippen molar-refractivity contribution in [2.75, 3.05) is 10.7 Å². The Labute approximate surface area is 108 Å². The zero-order valence-electron chi connectivity index (χ0n) is 9.22. The van der Waals surface area contributed by atoms with E-state index in [4.69, 9.17) is 17.4 Å². The zero-order valence-corrected chi connectivity index (χ0v) is 9.98. The third kappa shape index (κ3) is 2.93. The standard InChI is InChI=1S/C11H10ClN5O/c12-8-1-2-9(15-6-8)16-11(18)7-3-4-14-10(5-7)17-13/h1-6H,13H2,(H,14,17)(H,15,16,18). The number of amides is 1. The number of hydrogen-bond acceptors (Lipinski definition) is 5. The van der Waals surface area contributed by atoms with Gasteiger partial charge in [-0.05, 0) is 24.3 Å². The van der Waals surface area contributed by atoms with Crippen LogP contribution >= 0.6 is 11.6 Å². The number of carbonyl (C=O) groups is 1. The Balaban J connectivity index is 2.14. The lowest BCUT2D eigenvalue weighted by atomic mass is 10.2. The van der Waals surface area contributed by atoms with E-state index in [1.807, 2.05) is 0 Å². The summed E-state index contributed by atoms with van der Waals surface area (Å²) in [6.45, 7) is 0. The van der Waals surface area contributed by atoms with Crippen molar-refractivity contribution in [3.8, 4) is 0 Å². The molecule has 0 aliphatic carbocycles. The molecular formula is C11H10ClN5O. The lowest BCUT2D eigenvalue weighted by Crippen LogP contribution is -2.14. The van der Waals surface area contributed by atoms with Gasteiger partial charge in [-0.15, -0.1) is 0 Å². The van der Waals surface area contributed by atoms with Crippen LogP contribution in [0.4, 0.5) is 11.6 Å². The first-order valence-corrected chi connectivity index (χ1v) is 5.42. The molecule has 7 heteroatoms. The van der Waals surface area contributed by atoms with Crippen molar-refractivity contribution in [2.45, 2.75) is 0 Å². The van der Waals surface area contributed by atoms with Crippen LogP contribution in [-0.2, 0) is 0 Å². The highest BCUT2D eigenvalue weighted by atomic mass is 35.5. The van der Waals surface area contributed by atoms with Crippen LogP contribution in [0.1, 0.15) is 10.4 Å². The number of nitrogen functional groups attached to an aromatic ring is 1. The predicted octanol–water partition coefficient (Wildman–Crippen LogP) is 1.67. The van der Waals surface area contributed by atoms with Crippen LogP contribution in [0, 0.1) is 0 Å². The molecule has 18 heavy (non-hydrogen) atoms. The van der Waals surface area contributed by atoms with E-state index in [1.165, 1.54) is 18.5 Å². The van der Waals surface area contributed by atoms with Gasteiger partial charge in [-0.1, -0.05) is 11.6 Å². The largest absolute Gasteiger partial charge is 0.308 e. The summed E-state index contributed by atoms with van der Waals surface area (Å²) in [6, 6.07) is 6.37. The van der Waals surface area contributed by atoms with Crippen LogP contribution in [0.3, 0.4) is 0 Å². The molecule has 0 saturated carbocycles. The second-order valence-corrected chi connectivity index (χ2v) is 3.83. The van der Waals surface area contributed by atoms with E-state index >= 15 is 0 Å². The second-order valence-electron chi connectivity index (χ2n) is 3.39. The second kappa shape index (κ2) is 5.44. The molecule has 0 aliphatic heterocycles. The molecule has 0 aliphatic rings. The molecule has 0 fully saturated rings. The van der Waals surface area contributed by atoms with Crippen LogP contribution in [-0.4, -0.2) is 15.9 Å². The quantitative estimate of drug-likeness (QED) is 0.579. The number of halogens is 1. The number of rotatable bonds is 3. The molecule has 6 nitrogen and oxygen atoms in total. The summed E-state index contributed by atoms with van der Waals surface area (Å²) >= 11 is 5.70. The Morgan fingerprint density at radius 3 is 2.72 bits per heavy atom. The summed E-state index contributed by atoms with van der Waals surface area (Å²) in [5, 5.41) is 3.14. The van der Waals surface area contributed by atoms with Crippen molar-refractivity contribution in [1.29, 1.82) is 0 Å². The highest BCUT2D eigenvalue weighted by molar-refractivity contribution is 6.30. The summed E-state index contributed by atoms with van der Waals surface area (Å²) in [5.74, 6) is 5.74. The van der Waals surface area contributed by atoms with Crippen molar-refractivity contribution >= 4 is 29.1 Å². The van der Waals surface area contributed by atoms with E-state index in [9.17, 15) is 4.79 Å². The van der Waals surface area contributed by atoms with E-state index in [-0.39, 0.29) is 5.91 Å². The molecule has 2 aromatic rings. The van der Waals surface area contributed by atoms with E-state index in [0.717, 1.165) is 0 Å². The van der Waals surface area contributed by atoms with Crippen LogP contribution in [0.15, 0.2) is 36.7 Å². The molecule has 0 spiro atoms. The van der Waals surface area contributed by atoms with E-state index in [0.29, 0.717) is 22.2 Å². The van der Waals surface area contributed by atoms with Crippen LogP contribution in [0.5, 0.6) is 0 Å². The fourth-order valence-electron chi connectivity index (χ4n) is 1.29. The normalized spacial score (nSPS) is 9.89. The molecule has 2 rings (SSSR count). The Bertz CT molecular complexity index is 558. The molecule has 1 amide bonds. The highest BCUT2D eigenvalue weighted by Crippen LogP contribution is 2.12. The molecule has 0 atom stereocenters. The third-order valence-corrected chi connectivity index (χ3v) is 2.36. The fraction of sp³-hybridized carbons (Fsp3) is 0. The first-order valence-electron chi connectivity index (χ1n) is 5.04. The van der Waals surface area contributed by atoms with Crippen molar-refractivity contribution in [3.63, 3.8) is 0 Å². The summed E-state index contributed by atoms with van der Waals surface area (Å²) in [5.41, 5.74) is 2.80. The number of pyridine rings is 2. The molecule has 0 aromatic carbocycles. The Morgan fingerprint density at radius 2 is 2.06 bits per heavy atom. The van der Waals surface area contributed by atoms with Gasteiger partial charge in [-0.2, -0.15) is 0 Å². The van der Waals surface area contributed by atoms with Gasteiger partial charge in [0, 0.05) is 18.0 Å². The van der Waals surface area contributed by atoms with Crippen LogP contribution in [0.2, 0.25) is 5.02 Å². The molecule has 2 aromatic heterocycles. The smallest absolute Gasteiger partial charge is 0.257 e. The maximum Gasteiger partial charge on any atom is 0.257 e. The SMILES string of the molecule is NNc1cc(C(=O)Nc2ccc(Cl)cn2)ccn1. The van der Waals surface area contributed by atoms with Gasteiger partial charge < -0.3 is 10.7 Å². The molecule has 0 radical (unpaired) electrons. The van der Waals surface area contributed by atoms with Crippen LogP contribution < -0.4 is 16.6 Å². The Kier molecular flexibility index (Phi) is 3.71. The number of hydrazine groups is 1. The maximum atomic E-state index is 11.9. The third-order valence-electron chi connectivity index (χ3n) is 2.14. The van der Waals surface area contributed by atoms with E-state index in [1.54, 1.807) is 18.2 Å². The van der Waals surface area contributed by atoms with Crippen molar-refractivity contribution in [2.24, 2.45) is 5.84 Å². The molecular weight excluding hydrogens is 254 g/mol. The molecule has 0 saturated heterocycles. The van der Waals surface area contributed by atoms with Crippen molar-refractivity contribution in [1.82, 2.24) is 9.97 Å². The number of hydrogen-bond donors (Lipinski definition) is 3. The van der Waals surface area contributed by atoms with Gasteiger partial charge in [0.1, 0.15) is 11.6 Å². The van der Waals surface area contributed by atoms with E-state index in [2.05, 4.69) is 20.7 Å². The maximum absolute atomic E-state index is 11.9. The number of anilines is 2. The van der Waals surface area contributed by atoms with Crippen molar-refractivity contribution < 1.29 is 4.79 Å². The fourth-order valence-corrected chi connectivity index (χ4v) is 1.40. The number of nitrogens with one attached hydrogen (secondary N) is 2. The minimum atomic E-state index is -0.302. The van der Waals surface area contributed by atoms with Gasteiger partial charge in [0.2, 0.25) is 0 Å². The van der Waals surface area contributed by atoms with E-state index < -0.39 is 0 Å². The average molecular weight is 264 g/mol.